The summed E-state index contributed by atoms with van der Waals surface area (Å²) in [5.74, 6) is -14.1. The van der Waals surface area contributed by atoms with E-state index in [2.05, 4.69) is 15.6 Å². The number of aromatic nitrogens is 2. The number of nitrogens with one attached hydrogen (secondary N) is 2. The summed E-state index contributed by atoms with van der Waals surface area (Å²) in [6.45, 7) is 4.53. The predicted molar refractivity (Wildman–Crippen MR) is 211 cm³/mol. The monoisotopic (exact) mass is 980 g/mol. The molecule has 0 bridgehead atoms. The Balaban J connectivity index is 2.18. The van der Waals surface area contributed by atoms with Crippen LogP contribution in [0.25, 0.3) is 0 Å². The van der Waals surface area contributed by atoms with Gasteiger partial charge in [0.2, 0.25) is 5.91 Å². The second-order valence-electron chi connectivity index (χ2n) is 14.3. The molecular weight excluding hydrogens is 931 g/mol. The van der Waals surface area contributed by atoms with Crippen LogP contribution in [0, 0.1) is 0 Å². The van der Waals surface area contributed by atoms with Crippen LogP contribution in [0.2, 0.25) is 0 Å². The van der Waals surface area contributed by atoms with Crippen molar-refractivity contribution in [3.05, 3.63) is 22.7 Å². The Kier molecular flexibility index (Phi) is 19.6. The van der Waals surface area contributed by atoms with Crippen LogP contribution in [-0.4, -0.2) is 156 Å². The zero-order valence-corrected chi connectivity index (χ0v) is 38.2. The molecule has 2 aliphatic rings. The average Bonchev–Trinajstić information content (AvgIpc) is 3.51. The van der Waals surface area contributed by atoms with Gasteiger partial charge in [-0.1, -0.05) is 0 Å². The number of carbonyl (C=O) groups excluding carboxylic acids is 10. The maximum Gasteiger partial charge on any atom is 0.475 e. The summed E-state index contributed by atoms with van der Waals surface area (Å²) >= 11 is 0. The van der Waals surface area contributed by atoms with E-state index in [9.17, 15) is 62.2 Å². The average molecular weight is 981 g/mol. The summed E-state index contributed by atoms with van der Waals surface area (Å²) in [4.78, 5) is 152. The largest absolute Gasteiger partial charge is 0.475 e. The van der Waals surface area contributed by atoms with Gasteiger partial charge in [0.15, 0.2) is 37.3 Å². The van der Waals surface area contributed by atoms with E-state index < -0.39 is 160 Å². The van der Waals surface area contributed by atoms with E-state index in [4.69, 9.17) is 56.4 Å². The molecular formula is C37H49N4O25P. The second-order valence-corrected chi connectivity index (χ2v) is 15.7. The van der Waals surface area contributed by atoms with Gasteiger partial charge in [0.1, 0.15) is 30.7 Å². The smallest absolute Gasteiger partial charge is 0.465 e. The molecule has 0 spiro atoms. The van der Waals surface area contributed by atoms with E-state index >= 15 is 0 Å². The number of phosphoric acid groups is 1. The minimum absolute atomic E-state index is 0.186. The molecule has 0 aliphatic carbocycles. The Bertz CT molecular complexity index is 2180. The number of carbonyl (C=O) groups is 10. The maximum atomic E-state index is 14.1. The van der Waals surface area contributed by atoms with E-state index in [1.807, 2.05) is 0 Å². The van der Waals surface area contributed by atoms with Crippen molar-refractivity contribution in [3.8, 4) is 0 Å². The van der Waals surface area contributed by atoms with Crippen LogP contribution in [-0.2, 0) is 109 Å². The third-order valence-electron chi connectivity index (χ3n) is 8.82. The van der Waals surface area contributed by atoms with Crippen molar-refractivity contribution in [2.24, 2.45) is 0 Å². The first-order valence-electron chi connectivity index (χ1n) is 19.6. The van der Waals surface area contributed by atoms with Crippen LogP contribution in [0.4, 0.5) is 5.82 Å². The number of hydrogen-bond acceptors (Lipinski definition) is 25. The van der Waals surface area contributed by atoms with Gasteiger partial charge < -0.3 is 62.9 Å². The number of phosphoric ester groups is 1. The van der Waals surface area contributed by atoms with Crippen molar-refractivity contribution in [1.82, 2.24) is 14.9 Å². The molecule has 30 heteroatoms. The topological polar surface area (TPSA) is 378 Å². The molecule has 67 heavy (non-hydrogen) atoms. The quantitative estimate of drug-likeness (QED) is 0.0734. The third kappa shape index (κ3) is 16.2. The van der Waals surface area contributed by atoms with E-state index in [1.54, 1.807) is 0 Å². The number of amides is 2. The lowest BCUT2D eigenvalue weighted by Gasteiger charge is -2.48. The first kappa shape index (κ1) is 54.9. The zero-order chi connectivity index (χ0) is 50.6. The Hall–Kier alpha value is -6.39. The molecule has 0 radical (unpaired) electrons. The van der Waals surface area contributed by atoms with Crippen LogP contribution in [0.5, 0.6) is 0 Å². The van der Waals surface area contributed by atoms with Gasteiger partial charge in [0.25, 0.3) is 11.7 Å². The molecule has 1 aromatic rings. The van der Waals surface area contributed by atoms with E-state index in [0.717, 1.165) is 79.3 Å². The summed E-state index contributed by atoms with van der Waals surface area (Å²) in [7, 11) is -5.13. The molecule has 3 rings (SSSR count). The number of methoxy groups -OCH3 is 1. The van der Waals surface area contributed by atoms with Gasteiger partial charge in [-0.2, -0.15) is 4.98 Å². The molecule has 2 fully saturated rings. The third-order valence-corrected chi connectivity index (χ3v) is 9.82. The lowest BCUT2D eigenvalue weighted by atomic mass is 9.88. The van der Waals surface area contributed by atoms with Gasteiger partial charge in [-0.05, 0) is 6.07 Å². The SMILES string of the molecule is COC(=O)[C@]1(OP(=O)(O)OC[C@H]2O[C@@H](n3ccc(NC(C)=O)nc3=O)[C@H](OC(C)=O)[C@@H]2OC(C)=O)C[C@H](OC(C)=O)[C@@H](NC(=O)COC(C)=O)[C@H]([C@H](OC(C)=O)[C@@H](COC(C)=O)OC(C)=O)O1. The lowest BCUT2D eigenvalue weighted by Crippen LogP contribution is -2.69. The first-order valence-corrected chi connectivity index (χ1v) is 21.1. The number of hydrogen-bond donors (Lipinski definition) is 3. The van der Waals surface area contributed by atoms with Crippen molar-refractivity contribution in [3.63, 3.8) is 0 Å². The van der Waals surface area contributed by atoms with Gasteiger partial charge >= 0.3 is 61.3 Å². The van der Waals surface area contributed by atoms with E-state index in [0.29, 0.717) is 0 Å². The Morgan fingerprint density at radius 1 is 0.851 bits per heavy atom. The summed E-state index contributed by atoms with van der Waals surface area (Å²) in [5, 5.41) is 4.62. The first-order chi connectivity index (χ1) is 31.2. The molecule has 372 valence electrons. The number of anilines is 1. The number of nitrogens with zero attached hydrogens (tertiary/aromatic N) is 2. The highest BCUT2D eigenvalue weighted by Gasteiger charge is 2.62. The van der Waals surface area contributed by atoms with Crippen LogP contribution in [0.15, 0.2) is 17.1 Å². The van der Waals surface area contributed by atoms with Crippen LogP contribution in [0.3, 0.4) is 0 Å². The van der Waals surface area contributed by atoms with Gasteiger partial charge in [0.05, 0.1) is 26.2 Å². The van der Waals surface area contributed by atoms with Crippen LogP contribution < -0.4 is 16.3 Å². The van der Waals surface area contributed by atoms with Gasteiger partial charge in [0, 0.05) is 61.6 Å². The van der Waals surface area contributed by atoms with Gasteiger partial charge in [-0.25, -0.2) is 18.7 Å². The molecule has 2 amide bonds. The van der Waals surface area contributed by atoms with Crippen molar-refractivity contribution in [1.29, 1.82) is 0 Å². The molecule has 1 unspecified atom stereocenters. The normalized spacial score (nSPS) is 25.0. The Morgan fingerprint density at radius 3 is 1.97 bits per heavy atom. The fourth-order valence-electron chi connectivity index (χ4n) is 6.61. The Morgan fingerprint density at radius 2 is 1.45 bits per heavy atom. The fourth-order valence-corrected chi connectivity index (χ4v) is 7.56. The highest BCUT2D eigenvalue weighted by Crippen LogP contribution is 2.52. The van der Waals surface area contributed by atoms with Gasteiger partial charge in [-0.15, -0.1) is 0 Å². The van der Waals surface area contributed by atoms with Gasteiger partial charge in [-0.3, -0.25) is 52.2 Å². The Labute approximate surface area is 379 Å². The number of ether oxygens (including phenoxy) is 10. The zero-order valence-electron chi connectivity index (χ0n) is 37.3. The predicted octanol–water partition coefficient (Wildman–Crippen LogP) is -1.84. The molecule has 3 heterocycles. The molecule has 2 saturated heterocycles. The van der Waals surface area contributed by atoms with Crippen molar-refractivity contribution >= 4 is 73.2 Å². The molecule has 11 atom stereocenters. The number of esters is 8. The van der Waals surface area contributed by atoms with Crippen molar-refractivity contribution < 1.29 is 114 Å². The molecule has 2 aliphatic heterocycles. The molecule has 0 aromatic carbocycles. The highest BCUT2D eigenvalue weighted by atomic mass is 31.2. The van der Waals surface area contributed by atoms with E-state index in [-0.39, 0.29) is 5.82 Å². The molecule has 1 aromatic heterocycles. The maximum absolute atomic E-state index is 14.1. The van der Waals surface area contributed by atoms with Crippen LogP contribution in [0.1, 0.15) is 68.0 Å². The minimum Gasteiger partial charge on any atom is -0.465 e. The summed E-state index contributed by atoms with van der Waals surface area (Å²) in [5.41, 5.74) is -1.09. The van der Waals surface area contributed by atoms with Crippen molar-refractivity contribution in [2.45, 2.75) is 123 Å². The fraction of sp³-hybridized carbons (Fsp3) is 0.622. The second kappa shape index (κ2) is 23.9. The molecule has 29 nitrogen and oxygen atoms in total. The summed E-state index contributed by atoms with van der Waals surface area (Å²) in [6, 6.07) is -0.694. The lowest BCUT2D eigenvalue weighted by molar-refractivity contribution is -0.293. The minimum atomic E-state index is -5.88. The van der Waals surface area contributed by atoms with Crippen LogP contribution >= 0.6 is 7.82 Å². The molecule has 3 N–H and O–H groups in total. The summed E-state index contributed by atoms with van der Waals surface area (Å²) < 4.78 is 78.8. The standard InChI is InChI=1S/C37H49N4O25P/c1-16(42)38-27-10-11-41(36(52)39-27)34-33(63-23(8)49)31(62-22(7)48)26(64-34)14-58-67(53,54)66-37(35(51)55-9)12-24(59-19(4)45)29(40-28(50)15-57-18(3)44)32(65-37)30(61-21(6)47)25(60-20(5)46)13-56-17(2)43/h10-11,24-26,29-34H,12-15H2,1-9H3,(H,40,50)(H,53,54)(H,38,39,42,52)/t24-,25+,26+,29+,30+,31+,32+,33+,34+,37+/m0/s1. The highest BCUT2D eigenvalue weighted by molar-refractivity contribution is 7.47. The van der Waals surface area contributed by atoms with Crippen molar-refractivity contribution in [2.75, 3.05) is 32.2 Å². The summed E-state index contributed by atoms with van der Waals surface area (Å²) in [6.07, 6.45) is -15.1. The van der Waals surface area contributed by atoms with E-state index in [1.165, 1.54) is 0 Å². The molecule has 0 saturated carbocycles. The number of rotatable bonds is 20.